The number of carbonyl (C=O) groups excluding carboxylic acids is 2. The van der Waals surface area contributed by atoms with Crippen LogP contribution in [0.15, 0.2) is 0 Å². The molecule has 1 fully saturated rings. The summed E-state index contributed by atoms with van der Waals surface area (Å²) in [6.45, 7) is 4.86. The molecular weight excluding hydrogens is 292 g/mol. The molecule has 0 aromatic heterocycles. The number of amides is 2. The molecule has 8 heteroatoms. The van der Waals surface area contributed by atoms with Crippen molar-refractivity contribution in [1.29, 1.82) is 0 Å². The number of hydrogen-bond donors (Lipinski definition) is 3. The predicted molar refractivity (Wildman–Crippen MR) is 77.2 cm³/mol. The Balaban J connectivity index is 2.48. The van der Waals surface area contributed by atoms with Gasteiger partial charge < -0.3 is 25.2 Å². The van der Waals surface area contributed by atoms with Crippen LogP contribution < -0.4 is 10.6 Å². The lowest BCUT2D eigenvalue weighted by molar-refractivity contribution is -0.138. The molecule has 0 aromatic rings. The van der Waals surface area contributed by atoms with Gasteiger partial charge in [-0.15, -0.1) is 0 Å². The summed E-state index contributed by atoms with van der Waals surface area (Å²) in [5.41, 5.74) is 0. The Morgan fingerprint density at radius 3 is 2.45 bits per heavy atom. The summed E-state index contributed by atoms with van der Waals surface area (Å²) in [7, 11) is 1.58. The van der Waals surface area contributed by atoms with Crippen molar-refractivity contribution in [2.24, 2.45) is 5.92 Å². The van der Waals surface area contributed by atoms with Crippen LogP contribution >= 0.6 is 0 Å². The summed E-state index contributed by atoms with van der Waals surface area (Å²) in [6.07, 6.45) is -0.970. The molecule has 1 heterocycles. The number of aliphatic carboxylic acids is 1. The van der Waals surface area contributed by atoms with E-state index in [4.69, 9.17) is 14.6 Å². The van der Waals surface area contributed by atoms with Gasteiger partial charge in [-0.25, -0.2) is 4.79 Å². The Morgan fingerprint density at radius 1 is 1.27 bits per heavy atom. The molecule has 0 bridgehead atoms. The smallest absolute Gasteiger partial charge is 0.336 e. The average molecular weight is 316 g/mol. The van der Waals surface area contributed by atoms with Crippen molar-refractivity contribution in [3.8, 4) is 0 Å². The molecule has 3 atom stereocenters. The van der Waals surface area contributed by atoms with Gasteiger partial charge in [0.15, 0.2) is 12.2 Å². The van der Waals surface area contributed by atoms with Gasteiger partial charge >= 0.3 is 5.97 Å². The van der Waals surface area contributed by atoms with Gasteiger partial charge in [-0.3, -0.25) is 9.59 Å². The quantitative estimate of drug-likeness (QED) is 0.370. The van der Waals surface area contributed by atoms with Crippen molar-refractivity contribution >= 4 is 17.8 Å². The molecule has 0 spiro atoms. The molecular formula is C14H24N2O6. The van der Waals surface area contributed by atoms with E-state index < -0.39 is 30.1 Å². The molecule has 22 heavy (non-hydrogen) atoms. The standard InChI is InChI=1S/C14H24N2O6/c1-8(2)7-9(12(17)15-5-4-6-21-3)16-13(18)10-11(22-10)14(19)20/h8-11H,4-7H2,1-3H3,(H,15,17)(H,16,18)(H,19,20)/t9-,10-,11-/m0/s1. The van der Waals surface area contributed by atoms with Crippen LogP contribution in [-0.2, 0) is 23.9 Å². The molecule has 2 amide bonds. The highest BCUT2D eigenvalue weighted by atomic mass is 16.6. The normalized spacial score (nSPS) is 21.3. The van der Waals surface area contributed by atoms with Gasteiger partial charge in [-0.1, -0.05) is 13.8 Å². The van der Waals surface area contributed by atoms with Crippen LogP contribution in [-0.4, -0.2) is 61.4 Å². The first-order valence-electron chi connectivity index (χ1n) is 7.32. The topological polar surface area (TPSA) is 117 Å². The van der Waals surface area contributed by atoms with Gasteiger partial charge in [0, 0.05) is 20.3 Å². The van der Waals surface area contributed by atoms with E-state index in [0.29, 0.717) is 26.0 Å². The number of carboxylic acid groups (broad SMARTS) is 1. The molecule has 0 aliphatic carbocycles. The Hall–Kier alpha value is -1.67. The third-order valence-electron chi connectivity index (χ3n) is 3.16. The van der Waals surface area contributed by atoms with Crippen LogP contribution in [0.2, 0.25) is 0 Å². The summed E-state index contributed by atoms with van der Waals surface area (Å²) in [6, 6.07) is -0.700. The minimum absolute atomic E-state index is 0.199. The van der Waals surface area contributed by atoms with Gasteiger partial charge in [-0.05, 0) is 18.8 Å². The monoisotopic (exact) mass is 316 g/mol. The molecule has 1 aliphatic rings. The van der Waals surface area contributed by atoms with E-state index in [0.717, 1.165) is 0 Å². The largest absolute Gasteiger partial charge is 0.479 e. The summed E-state index contributed by atoms with van der Waals surface area (Å²) >= 11 is 0. The third-order valence-corrected chi connectivity index (χ3v) is 3.16. The van der Waals surface area contributed by atoms with E-state index in [-0.39, 0.29) is 11.8 Å². The second kappa shape index (κ2) is 8.70. The van der Waals surface area contributed by atoms with Crippen LogP contribution in [0.3, 0.4) is 0 Å². The van der Waals surface area contributed by atoms with Crippen molar-refractivity contribution < 1.29 is 29.0 Å². The van der Waals surface area contributed by atoms with E-state index in [2.05, 4.69) is 10.6 Å². The molecule has 1 rings (SSSR count). The van der Waals surface area contributed by atoms with E-state index >= 15 is 0 Å². The van der Waals surface area contributed by atoms with Crippen molar-refractivity contribution in [3.05, 3.63) is 0 Å². The van der Waals surface area contributed by atoms with Crippen molar-refractivity contribution in [1.82, 2.24) is 10.6 Å². The second-order valence-electron chi connectivity index (χ2n) is 5.64. The number of carbonyl (C=O) groups is 3. The van der Waals surface area contributed by atoms with Gasteiger partial charge in [0.1, 0.15) is 6.04 Å². The Bertz CT molecular complexity index is 412. The fourth-order valence-corrected chi connectivity index (χ4v) is 2.01. The van der Waals surface area contributed by atoms with Gasteiger partial charge in [0.05, 0.1) is 0 Å². The third kappa shape index (κ3) is 5.98. The summed E-state index contributed by atoms with van der Waals surface area (Å²) < 4.78 is 9.67. The molecule has 0 aromatic carbocycles. The zero-order valence-electron chi connectivity index (χ0n) is 13.1. The number of carboxylic acids is 1. The van der Waals surface area contributed by atoms with Gasteiger partial charge in [0.25, 0.3) is 5.91 Å². The Kier molecular flexibility index (Phi) is 7.26. The van der Waals surface area contributed by atoms with Crippen LogP contribution in [0, 0.1) is 5.92 Å². The van der Waals surface area contributed by atoms with Crippen LogP contribution in [0.5, 0.6) is 0 Å². The number of ether oxygens (including phenoxy) is 2. The van der Waals surface area contributed by atoms with E-state index in [1.165, 1.54) is 0 Å². The van der Waals surface area contributed by atoms with E-state index in [1.807, 2.05) is 13.8 Å². The highest BCUT2D eigenvalue weighted by Crippen LogP contribution is 2.22. The fourth-order valence-electron chi connectivity index (χ4n) is 2.01. The number of epoxide rings is 1. The number of rotatable bonds is 10. The molecule has 0 saturated carbocycles. The van der Waals surface area contributed by atoms with Gasteiger partial charge in [-0.2, -0.15) is 0 Å². The van der Waals surface area contributed by atoms with Crippen LogP contribution in [0.1, 0.15) is 26.7 Å². The number of hydrogen-bond acceptors (Lipinski definition) is 5. The average Bonchev–Trinajstić information content (AvgIpc) is 3.22. The first-order chi connectivity index (χ1) is 10.4. The van der Waals surface area contributed by atoms with E-state index in [1.54, 1.807) is 7.11 Å². The van der Waals surface area contributed by atoms with E-state index in [9.17, 15) is 14.4 Å². The Labute approximate surface area is 129 Å². The molecule has 8 nitrogen and oxygen atoms in total. The van der Waals surface area contributed by atoms with Crippen LogP contribution in [0.4, 0.5) is 0 Å². The zero-order valence-corrected chi connectivity index (χ0v) is 13.1. The molecule has 1 saturated heterocycles. The maximum atomic E-state index is 12.1. The summed E-state index contributed by atoms with van der Waals surface area (Å²) in [5.74, 6) is -1.83. The molecule has 3 N–H and O–H groups in total. The predicted octanol–water partition coefficient (Wildman–Crippen LogP) is -0.478. The molecule has 1 aliphatic heterocycles. The lowest BCUT2D eigenvalue weighted by Crippen LogP contribution is -2.49. The number of nitrogens with one attached hydrogen (secondary N) is 2. The highest BCUT2D eigenvalue weighted by molar-refractivity contribution is 5.95. The lowest BCUT2D eigenvalue weighted by atomic mass is 10.0. The zero-order chi connectivity index (χ0) is 16.7. The first-order valence-corrected chi connectivity index (χ1v) is 7.32. The van der Waals surface area contributed by atoms with Crippen molar-refractivity contribution in [2.75, 3.05) is 20.3 Å². The molecule has 0 unspecified atom stereocenters. The Morgan fingerprint density at radius 2 is 1.95 bits per heavy atom. The SMILES string of the molecule is COCCCNC(=O)[C@H](CC(C)C)NC(=O)[C@H]1O[C@@H]1C(=O)O. The highest BCUT2D eigenvalue weighted by Gasteiger charge is 2.51. The molecule has 0 radical (unpaired) electrons. The fraction of sp³-hybridized carbons (Fsp3) is 0.786. The molecule has 126 valence electrons. The summed E-state index contributed by atoms with van der Waals surface area (Å²) in [4.78, 5) is 34.7. The minimum atomic E-state index is -1.18. The van der Waals surface area contributed by atoms with Crippen LogP contribution in [0.25, 0.3) is 0 Å². The van der Waals surface area contributed by atoms with Gasteiger partial charge in [0.2, 0.25) is 5.91 Å². The lowest BCUT2D eigenvalue weighted by Gasteiger charge is -2.19. The minimum Gasteiger partial charge on any atom is -0.479 e. The second-order valence-corrected chi connectivity index (χ2v) is 5.64. The summed E-state index contributed by atoms with van der Waals surface area (Å²) in [5, 5.41) is 14.0. The first kappa shape index (κ1) is 18.4. The van der Waals surface area contributed by atoms with Crippen molar-refractivity contribution in [2.45, 2.75) is 44.9 Å². The number of methoxy groups -OCH3 is 1. The maximum Gasteiger partial charge on any atom is 0.336 e. The van der Waals surface area contributed by atoms with Crippen molar-refractivity contribution in [3.63, 3.8) is 0 Å². The maximum absolute atomic E-state index is 12.1.